The molecule has 0 N–H and O–H groups in total. The zero-order chi connectivity index (χ0) is 19.1. The zero-order valence-electron chi connectivity index (χ0n) is 15.9. The fourth-order valence-electron chi connectivity index (χ4n) is 3.69. The van der Waals surface area contributed by atoms with Crippen molar-refractivity contribution in [3.05, 3.63) is 64.7 Å². The molecule has 1 heterocycles. The molecule has 0 bridgehead atoms. The van der Waals surface area contributed by atoms with Gasteiger partial charge in [-0.25, -0.2) is 8.78 Å². The van der Waals surface area contributed by atoms with Crippen LogP contribution in [0.1, 0.15) is 44.4 Å². The molecule has 0 saturated carbocycles. The van der Waals surface area contributed by atoms with Gasteiger partial charge in [0.05, 0.1) is 11.2 Å². The Labute approximate surface area is 153 Å². The van der Waals surface area contributed by atoms with Gasteiger partial charge in [0.2, 0.25) is 0 Å². The Kier molecular flexibility index (Phi) is 4.70. The maximum Gasteiger partial charge on any atom is 0.151 e. The number of hydrogen-bond donors (Lipinski definition) is 0. The van der Waals surface area contributed by atoms with Crippen LogP contribution in [-0.2, 0) is 0 Å². The van der Waals surface area contributed by atoms with Gasteiger partial charge in [-0.05, 0) is 75.6 Å². The number of aryl methyl sites for hydroxylation is 1. The number of likely N-dealkylation sites (N-methyl/N-ethyl adjacent to an activating group) is 1. The molecule has 3 rings (SSSR count). The standard InChI is InChI=1S/C22H24F2N2/c1-6-26-21-9-14(2)16(10-18(21)15(3)12-22(26,4)5)13-25-20-8-7-17(23)11-19(20)24/h7-13H,6H2,1-5H3. The summed E-state index contributed by atoms with van der Waals surface area (Å²) < 4.78 is 26.8. The number of rotatable bonds is 3. The van der Waals surface area contributed by atoms with E-state index in [0.717, 1.165) is 29.3 Å². The van der Waals surface area contributed by atoms with E-state index in [1.54, 1.807) is 6.21 Å². The van der Waals surface area contributed by atoms with Crippen molar-refractivity contribution < 1.29 is 8.78 Å². The van der Waals surface area contributed by atoms with Gasteiger partial charge in [0, 0.05) is 30.1 Å². The van der Waals surface area contributed by atoms with Crippen LogP contribution in [0.5, 0.6) is 0 Å². The fraction of sp³-hybridized carbons (Fsp3) is 0.318. The average molecular weight is 354 g/mol. The molecule has 0 atom stereocenters. The number of aliphatic imine (C=N–C) groups is 1. The van der Waals surface area contributed by atoms with Crippen LogP contribution in [0.2, 0.25) is 0 Å². The predicted molar refractivity (Wildman–Crippen MR) is 106 cm³/mol. The Morgan fingerprint density at radius 3 is 2.50 bits per heavy atom. The number of benzene rings is 2. The van der Waals surface area contributed by atoms with E-state index in [1.165, 1.54) is 23.4 Å². The second-order valence-corrected chi connectivity index (χ2v) is 7.31. The molecule has 0 aromatic heterocycles. The third-order valence-electron chi connectivity index (χ3n) is 4.93. The Balaban J connectivity index is 2.04. The molecule has 1 aliphatic rings. The number of nitrogens with zero attached hydrogens (tertiary/aromatic N) is 2. The number of fused-ring (bicyclic) bond motifs is 1. The van der Waals surface area contributed by atoms with Gasteiger partial charge < -0.3 is 4.90 Å². The normalized spacial score (nSPS) is 16.0. The van der Waals surface area contributed by atoms with E-state index in [9.17, 15) is 8.78 Å². The lowest BCUT2D eigenvalue weighted by Gasteiger charge is -2.43. The van der Waals surface area contributed by atoms with Gasteiger partial charge in [0.15, 0.2) is 5.82 Å². The van der Waals surface area contributed by atoms with Crippen LogP contribution in [0.3, 0.4) is 0 Å². The molecular weight excluding hydrogens is 330 g/mol. The van der Waals surface area contributed by atoms with E-state index in [-0.39, 0.29) is 11.2 Å². The molecule has 2 nitrogen and oxygen atoms in total. The molecule has 2 aromatic carbocycles. The van der Waals surface area contributed by atoms with Crippen LogP contribution in [0.15, 0.2) is 41.4 Å². The Hall–Kier alpha value is -2.49. The van der Waals surface area contributed by atoms with E-state index in [1.807, 2.05) is 6.92 Å². The van der Waals surface area contributed by atoms with Crippen molar-refractivity contribution in [2.75, 3.05) is 11.4 Å². The lowest BCUT2D eigenvalue weighted by molar-refractivity contribution is 0.566. The van der Waals surface area contributed by atoms with Crippen molar-refractivity contribution in [1.82, 2.24) is 0 Å². The summed E-state index contributed by atoms with van der Waals surface area (Å²) in [5.74, 6) is -1.26. The minimum absolute atomic E-state index is 0.0366. The van der Waals surface area contributed by atoms with Crippen LogP contribution in [0.25, 0.3) is 5.57 Å². The minimum atomic E-state index is -0.660. The molecule has 2 aromatic rings. The minimum Gasteiger partial charge on any atom is -0.363 e. The van der Waals surface area contributed by atoms with Crippen LogP contribution >= 0.6 is 0 Å². The maximum absolute atomic E-state index is 13.8. The molecule has 0 spiro atoms. The summed E-state index contributed by atoms with van der Waals surface area (Å²) in [6, 6.07) is 7.67. The van der Waals surface area contributed by atoms with Gasteiger partial charge >= 0.3 is 0 Å². The lowest BCUT2D eigenvalue weighted by Crippen LogP contribution is -2.45. The average Bonchev–Trinajstić information content (AvgIpc) is 2.54. The monoisotopic (exact) mass is 354 g/mol. The van der Waals surface area contributed by atoms with E-state index in [2.05, 4.69) is 55.8 Å². The Morgan fingerprint density at radius 2 is 1.85 bits per heavy atom. The Morgan fingerprint density at radius 1 is 1.12 bits per heavy atom. The third kappa shape index (κ3) is 3.28. The molecule has 26 heavy (non-hydrogen) atoms. The van der Waals surface area contributed by atoms with Gasteiger partial charge in [-0.3, -0.25) is 4.99 Å². The highest BCUT2D eigenvalue weighted by Crippen LogP contribution is 2.39. The summed E-state index contributed by atoms with van der Waals surface area (Å²) >= 11 is 0. The van der Waals surface area contributed by atoms with Crippen LogP contribution in [-0.4, -0.2) is 18.3 Å². The van der Waals surface area contributed by atoms with Crippen molar-refractivity contribution >= 4 is 23.2 Å². The molecule has 0 unspecified atom stereocenters. The molecule has 136 valence electrons. The third-order valence-corrected chi connectivity index (χ3v) is 4.93. The largest absolute Gasteiger partial charge is 0.363 e. The molecule has 0 amide bonds. The molecular formula is C22H24F2N2. The summed E-state index contributed by atoms with van der Waals surface area (Å²) in [4.78, 5) is 6.60. The van der Waals surface area contributed by atoms with Gasteiger partial charge in [-0.2, -0.15) is 0 Å². The summed E-state index contributed by atoms with van der Waals surface area (Å²) in [5, 5.41) is 0. The van der Waals surface area contributed by atoms with Crippen molar-refractivity contribution in [3.63, 3.8) is 0 Å². The fourth-order valence-corrected chi connectivity index (χ4v) is 3.69. The molecule has 4 heteroatoms. The molecule has 1 aliphatic heterocycles. The second-order valence-electron chi connectivity index (χ2n) is 7.31. The van der Waals surface area contributed by atoms with E-state index in [0.29, 0.717) is 0 Å². The summed E-state index contributed by atoms with van der Waals surface area (Å²) in [6.07, 6.45) is 3.92. The predicted octanol–water partition coefficient (Wildman–Crippen LogP) is 6.05. The van der Waals surface area contributed by atoms with Crippen molar-refractivity contribution in [1.29, 1.82) is 0 Å². The van der Waals surface area contributed by atoms with E-state index >= 15 is 0 Å². The topological polar surface area (TPSA) is 15.6 Å². The first-order valence-corrected chi connectivity index (χ1v) is 8.84. The first-order chi connectivity index (χ1) is 12.2. The van der Waals surface area contributed by atoms with Crippen LogP contribution in [0, 0.1) is 18.6 Å². The number of anilines is 1. The summed E-state index contributed by atoms with van der Waals surface area (Å²) in [7, 11) is 0. The smallest absolute Gasteiger partial charge is 0.151 e. The summed E-state index contributed by atoms with van der Waals surface area (Å²) in [6.45, 7) is 11.6. The van der Waals surface area contributed by atoms with Gasteiger partial charge in [-0.1, -0.05) is 6.08 Å². The second kappa shape index (κ2) is 6.67. The first kappa shape index (κ1) is 18.3. The SMILES string of the molecule is CCN1c2cc(C)c(C=Nc3ccc(F)cc3F)cc2C(C)=CC1(C)C. The molecule has 0 aliphatic carbocycles. The number of allylic oxidation sites excluding steroid dienone is 1. The first-order valence-electron chi connectivity index (χ1n) is 8.84. The highest BCUT2D eigenvalue weighted by atomic mass is 19.1. The summed E-state index contributed by atoms with van der Waals surface area (Å²) in [5.41, 5.74) is 5.68. The zero-order valence-corrected chi connectivity index (χ0v) is 15.9. The number of halogens is 2. The van der Waals surface area contributed by atoms with Crippen LogP contribution < -0.4 is 4.90 Å². The highest BCUT2D eigenvalue weighted by molar-refractivity contribution is 5.90. The van der Waals surface area contributed by atoms with Crippen molar-refractivity contribution in [2.24, 2.45) is 4.99 Å². The van der Waals surface area contributed by atoms with Gasteiger partial charge in [-0.15, -0.1) is 0 Å². The highest BCUT2D eigenvalue weighted by Gasteiger charge is 2.30. The maximum atomic E-state index is 13.8. The quantitative estimate of drug-likeness (QED) is 0.613. The van der Waals surface area contributed by atoms with E-state index < -0.39 is 11.6 Å². The lowest BCUT2D eigenvalue weighted by atomic mass is 9.87. The molecule has 0 saturated heterocycles. The van der Waals surface area contributed by atoms with Crippen molar-refractivity contribution in [2.45, 2.75) is 40.2 Å². The van der Waals surface area contributed by atoms with Crippen molar-refractivity contribution in [3.8, 4) is 0 Å². The Bertz CT molecular complexity index is 911. The molecule has 0 radical (unpaired) electrons. The van der Waals surface area contributed by atoms with E-state index in [4.69, 9.17) is 0 Å². The molecule has 0 fully saturated rings. The van der Waals surface area contributed by atoms with Gasteiger partial charge in [0.1, 0.15) is 5.82 Å². The van der Waals surface area contributed by atoms with Gasteiger partial charge in [0.25, 0.3) is 0 Å². The number of hydrogen-bond acceptors (Lipinski definition) is 2. The van der Waals surface area contributed by atoms with Crippen LogP contribution in [0.4, 0.5) is 20.2 Å².